The molecule has 11 nitrogen and oxygen atoms in total. The zero-order valence-corrected chi connectivity index (χ0v) is 22.9. The van der Waals surface area contributed by atoms with Gasteiger partial charge < -0.3 is 25.3 Å². The molecule has 0 saturated heterocycles. The van der Waals surface area contributed by atoms with Crippen molar-refractivity contribution < 1.29 is 14.3 Å². The van der Waals surface area contributed by atoms with Crippen LogP contribution >= 0.6 is 0 Å². The number of ether oxygens (including phenoxy) is 1. The van der Waals surface area contributed by atoms with Gasteiger partial charge in [-0.2, -0.15) is 0 Å². The van der Waals surface area contributed by atoms with E-state index < -0.39 is 5.97 Å². The zero-order chi connectivity index (χ0) is 28.6. The summed E-state index contributed by atoms with van der Waals surface area (Å²) in [5.41, 5.74) is 16.9. The summed E-state index contributed by atoms with van der Waals surface area (Å²) in [5.74, 6) is -0.102. The average molecular weight is 544 g/mol. The number of nitrogens with two attached hydrogens (primary N) is 2. The van der Waals surface area contributed by atoms with Crippen molar-refractivity contribution in [2.45, 2.75) is 52.7 Å². The van der Waals surface area contributed by atoms with Crippen LogP contribution in [0.5, 0.6) is 0 Å². The molecule has 208 valence electrons. The van der Waals surface area contributed by atoms with Crippen LogP contribution in [0.2, 0.25) is 0 Å². The molecule has 4 heterocycles. The van der Waals surface area contributed by atoms with Gasteiger partial charge in [-0.15, -0.1) is 0 Å². The molecule has 40 heavy (non-hydrogen) atoms. The summed E-state index contributed by atoms with van der Waals surface area (Å²) >= 11 is 0. The fraction of sp³-hybridized carbons (Fsp3) is 0.345. The Morgan fingerprint density at radius 2 is 1.93 bits per heavy atom. The summed E-state index contributed by atoms with van der Waals surface area (Å²) in [6.45, 7) is 3.98. The maximum absolute atomic E-state index is 13.8. The number of aryl methyl sites for hydroxylation is 2. The van der Waals surface area contributed by atoms with Gasteiger partial charge in [0.2, 0.25) is 0 Å². The van der Waals surface area contributed by atoms with Crippen molar-refractivity contribution in [1.82, 2.24) is 14.1 Å². The van der Waals surface area contributed by atoms with Crippen LogP contribution in [0, 0.1) is 0 Å². The molecule has 0 fully saturated rings. The third-order valence-electron chi connectivity index (χ3n) is 7.23. The van der Waals surface area contributed by atoms with Crippen molar-refractivity contribution in [2.24, 2.45) is 23.5 Å². The zero-order valence-electron chi connectivity index (χ0n) is 22.9. The third-order valence-corrected chi connectivity index (χ3v) is 7.23. The van der Waals surface area contributed by atoms with Crippen LogP contribution in [0.15, 0.2) is 52.2 Å². The Kier molecular flexibility index (Phi) is 7.29. The van der Waals surface area contributed by atoms with E-state index in [1.807, 2.05) is 6.07 Å². The van der Waals surface area contributed by atoms with E-state index >= 15 is 0 Å². The molecule has 5 rings (SSSR count). The number of rotatable bonds is 6. The number of nitrogens with zero attached hydrogens (tertiary/aromatic N) is 5. The van der Waals surface area contributed by atoms with Crippen LogP contribution in [-0.4, -0.2) is 38.4 Å². The summed E-state index contributed by atoms with van der Waals surface area (Å²) in [6, 6.07) is 5.39. The molecule has 0 spiro atoms. The number of esters is 1. The lowest BCUT2D eigenvalue weighted by Crippen LogP contribution is -2.41. The van der Waals surface area contributed by atoms with E-state index in [4.69, 9.17) is 16.2 Å². The largest absolute Gasteiger partial charge is 0.461 e. The quantitative estimate of drug-likeness (QED) is 0.276. The van der Waals surface area contributed by atoms with E-state index in [1.54, 1.807) is 43.4 Å². The van der Waals surface area contributed by atoms with Crippen LogP contribution < -0.4 is 21.9 Å². The number of fused-ring (bicyclic) bond motifs is 3. The lowest BCUT2D eigenvalue weighted by atomic mass is 9.98. The van der Waals surface area contributed by atoms with Gasteiger partial charge in [0.25, 0.3) is 11.5 Å². The van der Waals surface area contributed by atoms with Crippen LogP contribution in [0.3, 0.4) is 0 Å². The summed E-state index contributed by atoms with van der Waals surface area (Å²) < 4.78 is 8.97. The molecule has 0 atom stereocenters. The van der Waals surface area contributed by atoms with Gasteiger partial charge in [-0.3, -0.25) is 19.3 Å². The summed E-state index contributed by atoms with van der Waals surface area (Å²) in [4.78, 5) is 49.0. The van der Waals surface area contributed by atoms with Crippen molar-refractivity contribution in [3.8, 4) is 11.1 Å². The highest BCUT2D eigenvalue weighted by Crippen LogP contribution is 2.35. The molecule has 1 aliphatic heterocycles. The van der Waals surface area contributed by atoms with Crippen molar-refractivity contribution in [3.63, 3.8) is 0 Å². The number of hydrogen-bond donors (Lipinski definition) is 2. The number of hydrogen-bond acceptors (Lipinski definition) is 7. The smallest absolute Gasteiger partial charge is 0.302 e. The summed E-state index contributed by atoms with van der Waals surface area (Å²) in [6.07, 6.45) is 8.96. The number of amidine groups is 1. The summed E-state index contributed by atoms with van der Waals surface area (Å²) in [7, 11) is 1.61. The van der Waals surface area contributed by atoms with Crippen LogP contribution in [0.1, 0.15) is 54.0 Å². The second-order valence-electron chi connectivity index (χ2n) is 10.2. The SMILES string of the molecule is CC(=O)OCc1c(-c2cc(N=C(N)/C=C(/C)N)c(=O)n(C)c2)ccnc1N1CCn2c(cc3c2CCCC3)C1=O. The van der Waals surface area contributed by atoms with Crippen molar-refractivity contribution in [3.05, 3.63) is 75.2 Å². The van der Waals surface area contributed by atoms with Crippen LogP contribution in [0.4, 0.5) is 11.5 Å². The first kappa shape index (κ1) is 26.9. The van der Waals surface area contributed by atoms with Crippen LogP contribution in [0.25, 0.3) is 11.1 Å². The number of carbonyl (C=O) groups excluding carboxylic acids is 2. The molecule has 0 aromatic carbocycles. The number of aromatic nitrogens is 3. The molecule has 3 aromatic rings. The molecule has 4 N–H and O–H groups in total. The Bertz CT molecular complexity index is 1630. The molecule has 1 aliphatic carbocycles. The maximum Gasteiger partial charge on any atom is 0.302 e. The van der Waals surface area contributed by atoms with E-state index in [0.29, 0.717) is 47.0 Å². The average Bonchev–Trinajstić information content (AvgIpc) is 3.29. The number of anilines is 1. The molecule has 0 unspecified atom stereocenters. The lowest BCUT2D eigenvalue weighted by molar-refractivity contribution is -0.142. The third kappa shape index (κ3) is 5.14. The van der Waals surface area contributed by atoms with E-state index in [1.165, 1.54) is 28.8 Å². The Labute approximate surface area is 231 Å². The predicted molar refractivity (Wildman–Crippen MR) is 152 cm³/mol. The number of amides is 1. The molecule has 0 bridgehead atoms. The highest BCUT2D eigenvalue weighted by Gasteiger charge is 2.32. The molecule has 0 saturated carbocycles. The van der Waals surface area contributed by atoms with E-state index in [-0.39, 0.29) is 29.6 Å². The fourth-order valence-electron chi connectivity index (χ4n) is 5.47. The molecular formula is C29H33N7O4. The molecule has 0 radical (unpaired) electrons. The van der Waals surface area contributed by atoms with E-state index in [9.17, 15) is 14.4 Å². The highest BCUT2D eigenvalue weighted by molar-refractivity contribution is 6.06. The molecular weight excluding hydrogens is 510 g/mol. The highest BCUT2D eigenvalue weighted by atomic mass is 16.5. The van der Waals surface area contributed by atoms with Gasteiger partial charge in [-0.1, -0.05) is 0 Å². The monoisotopic (exact) mass is 543 g/mol. The Hall–Kier alpha value is -4.67. The standard InChI is InChI=1S/C29H33N7O4/c1-17(30)12-26(31)33-23-13-20(15-34(3)28(23)38)21-8-9-32-27(22(21)16-40-18(2)37)36-11-10-35-24-7-5-4-6-19(24)14-25(35)29(36)39/h8-9,12-15H,4-7,10-11,16,30H2,1-3H3,(H2,31,33)/b17-12-. The first-order valence-corrected chi connectivity index (χ1v) is 13.3. The van der Waals surface area contributed by atoms with Crippen molar-refractivity contribution in [1.29, 1.82) is 0 Å². The van der Waals surface area contributed by atoms with E-state index in [0.717, 1.165) is 25.7 Å². The normalized spacial score (nSPS) is 15.6. The first-order chi connectivity index (χ1) is 19.1. The second-order valence-corrected chi connectivity index (χ2v) is 10.2. The van der Waals surface area contributed by atoms with E-state index in [2.05, 4.69) is 14.5 Å². The minimum Gasteiger partial charge on any atom is -0.461 e. The van der Waals surface area contributed by atoms with Crippen LogP contribution in [-0.2, 0) is 42.6 Å². The minimum absolute atomic E-state index is 0.0921. The number of pyridine rings is 2. The second kappa shape index (κ2) is 10.8. The summed E-state index contributed by atoms with van der Waals surface area (Å²) in [5, 5.41) is 0. The van der Waals surface area contributed by atoms with Gasteiger partial charge in [0, 0.05) is 62.0 Å². The Balaban J connectivity index is 1.61. The fourth-order valence-corrected chi connectivity index (χ4v) is 5.47. The Morgan fingerprint density at radius 1 is 1.15 bits per heavy atom. The number of carbonyl (C=O) groups is 2. The van der Waals surface area contributed by atoms with Gasteiger partial charge in [-0.05, 0) is 68.0 Å². The van der Waals surface area contributed by atoms with Gasteiger partial charge in [0.15, 0.2) is 0 Å². The van der Waals surface area contributed by atoms with Gasteiger partial charge in [0.1, 0.15) is 29.6 Å². The van der Waals surface area contributed by atoms with Gasteiger partial charge in [-0.25, -0.2) is 9.98 Å². The molecule has 1 amide bonds. The van der Waals surface area contributed by atoms with Crippen molar-refractivity contribution in [2.75, 3.05) is 11.4 Å². The number of allylic oxidation sites excluding steroid dienone is 1. The van der Waals surface area contributed by atoms with Gasteiger partial charge >= 0.3 is 5.97 Å². The molecule has 2 aliphatic rings. The number of aliphatic imine (C=N–C) groups is 1. The minimum atomic E-state index is -0.463. The maximum atomic E-state index is 13.8. The molecule has 11 heteroatoms. The predicted octanol–water partition coefficient (Wildman–Crippen LogP) is 2.70. The first-order valence-electron chi connectivity index (χ1n) is 13.3. The Morgan fingerprint density at radius 3 is 2.67 bits per heavy atom. The topological polar surface area (TPSA) is 151 Å². The van der Waals surface area contributed by atoms with Gasteiger partial charge in [0.05, 0.1) is 0 Å². The van der Waals surface area contributed by atoms with Crippen molar-refractivity contribution >= 4 is 29.2 Å². The lowest BCUT2D eigenvalue weighted by Gasteiger charge is -2.31. The molecule has 3 aromatic heterocycles.